The lowest BCUT2D eigenvalue weighted by Gasteiger charge is -2.14. The van der Waals surface area contributed by atoms with Gasteiger partial charge in [-0.15, -0.1) is 0 Å². The molecule has 0 saturated heterocycles. The van der Waals surface area contributed by atoms with E-state index in [1.165, 1.54) is 50.6 Å². The standard InChI is InChI=1S/C19H20FNO5/c1-12(13-4-6-15(20)7-5-13)26-18(22)11-21-19(23)14-8-16(24-2)10-17(9-14)25-3/h4-10,12H,11H2,1-3H3,(H,21,23)/t12-/m1/s1. The van der Waals surface area contributed by atoms with Crippen LogP contribution in [-0.4, -0.2) is 32.6 Å². The predicted molar refractivity (Wildman–Crippen MR) is 92.8 cm³/mol. The van der Waals surface area contributed by atoms with Gasteiger partial charge >= 0.3 is 5.97 Å². The molecule has 0 fully saturated rings. The summed E-state index contributed by atoms with van der Waals surface area (Å²) >= 11 is 0. The Hall–Kier alpha value is -3.09. The molecule has 0 aromatic heterocycles. The lowest BCUT2D eigenvalue weighted by Crippen LogP contribution is -2.31. The Labute approximate surface area is 150 Å². The zero-order chi connectivity index (χ0) is 19.1. The molecule has 0 aliphatic heterocycles. The number of benzene rings is 2. The lowest BCUT2D eigenvalue weighted by molar-refractivity contribution is -0.147. The zero-order valence-electron chi connectivity index (χ0n) is 14.7. The van der Waals surface area contributed by atoms with E-state index in [-0.39, 0.29) is 12.4 Å². The number of nitrogens with one attached hydrogen (secondary N) is 1. The first-order chi connectivity index (χ1) is 12.4. The van der Waals surface area contributed by atoms with E-state index in [1.54, 1.807) is 13.0 Å². The average molecular weight is 361 g/mol. The van der Waals surface area contributed by atoms with E-state index in [9.17, 15) is 14.0 Å². The van der Waals surface area contributed by atoms with Crippen molar-refractivity contribution in [1.29, 1.82) is 0 Å². The van der Waals surface area contributed by atoms with Gasteiger partial charge in [-0.1, -0.05) is 12.1 Å². The third-order valence-electron chi connectivity index (χ3n) is 3.65. The van der Waals surface area contributed by atoms with Crippen LogP contribution < -0.4 is 14.8 Å². The monoisotopic (exact) mass is 361 g/mol. The van der Waals surface area contributed by atoms with Gasteiger partial charge in [0, 0.05) is 11.6 Å². The Morgan fingerprint density at radius 2 is 1.62 bits per heavy atom. The van der Waals surface area contributed by atoms with Crippen LogP contribution in [0, 0.1) is 5.82 Å². The smallest absolute Gasteiger partial charge is 0.326 e. The van der Waals surface area contributed by atoms with Gasteiger partial charge in [-0.2, -0.15) is 0 Å². The summed E-state index contributed by atoms with van der Waals surface area (Å²) in [6.07, 6.45) is -0.558. The highest BCUT2D eigenvalue weighted by Crippen LogP contribution is 2.22. The summed E-state index contributed by atoms with van der Waals surface area (Å²) in [5, 5.41) is 2.48. The van der Waals surface area contributed by atoms with Crippen LogP contribution in [0.15, 0.2) is 42.5 Å². The minimum absolute atomic E-state index is 0.292. The zero-order valence-corrected chi connectivity index (χ0v) is 14.7. The van der Waals surface area contributed by atoms with Crippen LogP contribution >= 0.6 is 0 Å². The van der Waals surface area contributed by atoms with Crippen molar-refractivity contribution in [2.75, 3.05) is 20.8 Å². The second-order valence-corrected chi connectivity index (χ2v) is 5.47. The molecular formula is C19H20FNO5. The number of hydrogen-bond acceptors (Lipinski definition) is 5. The summed E-state index contributed by atoms with van der Waals surface area (Å²) in [5.74, 6) is -0.518. The van der Waals surface area contributed by atoms with Crippen LogP contribution in [0.5, 0.6) is 11.5 Å². The van der Waals surface area contributed by atoms with Crippen LogP contribution in [0.4, 0.5) is 4.39 Å². The van der Waals surface area contributed by atoms with E-state index in [0.717, 1.165) is 0 Å². The van der Waals surface area contributed by atoms with E-state index in [1.807, 2.05) is 0 Å². The largest absolute Gasteiger partial charge is 0.497 e. The predicted octanol–water partition coefficient (Wildman–Crippen LogP) is 2.88. The molecule has 1 atom stereocenters. The van der Waals surface area contributed by atoms with Crippen LogP contribution in [0.3, 0.4) is 0 Å². The lowest BCUT2D eigenvalue weighted by atomic mass is 10.1. The molecule has 26 heavy (non-hydrogen) atoms. The molecule has 138 valence electrons. The average Bonchev–Trinajstić information content (AvgIpc) is 2.65. The number of rotatable bonds is 7. The summed E-state index contributed by atoms with van der Waals surface area (Å²) in [5.41, 5.74) is 0.948. The molecule has 0 unspecified atom stereocenters. The molecule has 1 N–H and O–H groups in total. The fraction of sp³-hybridized carbons (Fsp3) is 0.263. The van der Waals surface area contributed by atoms with Gasteiger partial charge in [0.25, 0.3) is 5.91 Å². The summed E-state index contributed by atoms with van der Waals surface area (Å²) in [6, 6.07) is 10.3. The molecule has 0 aliphatic rings. The van der Waals surface area contributed by atoms with Crippen molar-refractivity contribution in [1.82, 2.24) is 5.32 Å². The number of carbonyl (C=O) groups excluding carboxylic acids is 2. The molecule has 2 aromatic rings. The molecule has 0 bridgehead atoms. The molecule has 7 heteroatoms. The summed E-state index contributed by atoms with van der Waals surface area (Å²) in [6.45, 7) is 1.36. The maximum Gasteiger partial charge on any atom is 0.326 e. The van der Waals surface area contributed by atoms with Gasteiger partial charge in [-0.25, -0.2) is 4.39 Å². The second kappa shape index (κ2) is 8.84. The van der Waals surface area contributed by atoms with Crippen LogP contribution in [0.1, 0.15) is 28.9 Å². The molecule has 0 saturated carbocycles. The Morgan fingerprint density at radius 1 is 1.04 bits per heavy atom. The quantitative estimate of drug-likeness (QED) is 0.768. The number of hydrogen-bond donors (Lipinski definition) is 1. The Morgan fingerprint density at radius 3 is 2.15 bits per heavy atom. The number of carbonyl (C=O) groups is 2. The van der Waals surface area contributed by atoms with E-state index >= 15 is 0 Å². The van der Waals surface area contributed by atoms with Gasteiger partial charge in [0.05, 0.1) is 14.2 Å². The van der Waals surface area contributed by atoms with Crippen LogP contribution in [-0.2, 0) is 9.53 Å². The van der Waals surface area contributed by atoms with E-state index in [0.29, 0.717) is 22.6 Å². The first-order valence-electron chi connectivity index (χ1n) is 7.89. The van der Waals surface area contributed by atoms with Gasteiger partial charge < -0.3 is 19.5 Å². The molecule has 0 aliphatic carbocycles. The molecule has 0 radical (unpaired) electrons. The fourth-order valence-corrected chi connectivity index (χ4v) is 2.23. The Balaban J connectivity index is 1.92. The molecule has 6 nitrogen and oxygen atoms in total. The number of ether oxygens (including phenoxy) is 3. The van der Waals surface area contributed by atoms with Crippen molar-refractivity contribution < 1.29 is 28.2 Å². The van der Waals surface area contributed by atoms with Gasteiger partial charge in [0.2, 0.25) is 0 Å². The maximum atomic E-state index is 12.9. The van der Waals surface area contributed by atoms with E-state index in [4.69, 9.17) is 14.2 Å². The second-order valence-electron chi connectivity index (χ2n) is 5.47. The van der Waals surface area contributed by atoms with Crippen molar-refractivity contribution >= 4 is 11.9 Å². The van der Waals surface area contributed by atoms with Crippen LogP contribution in [0.25, 0.3) is 0 Å². The highest BCUT2D eigenvalue weighted by molar-refractivity contribution is 5.96. The number of esters is 1. The molecule has 2 aromatic carbocycles. The number of methoxy groups -OCH3 is 2. The molecule has 1 amide bonds. The minimum Gasteiger partial charge on any atom is -0.497 e. The molecular weight excluding hydrogens is 341 g/mol. The van der Waals surface area contributed by atoms with Gasteiger partial charge in [0.1, 0.15) is 30.0 Å². The van der Waals surface area contributed by atoms with Gasteiger partial charge in [0.15, 0.2) is 0 Å². The van der Waals surface area contributed by atoms with Crippen molar-refractivity contribution in [3.8, 4) is 11.5 Å². The summed E-state index contributed by atoms with van der Waals surface area (Å²) in [4.78, 5) is 24.1. The SMILES string of the molecule is COc1cc(OC)cc(C(=O)NCC(=O)O[C@H](C)c2ccc(F)cc2)c1. The van der Waals surface area contributed by atoms with Crippen molar-refractivity contribution in [3.63, 3.8) is 0 Å². The van der Waals surface area contributed by atoms with Crippen molar-refractivity contribution in [2.45, 2.75) is 13.0 Å². The normalized spacial score (nSPS) is 11.4. The molecule has 0 heterocycles. The highest BCUT2D eigenvalue weighted by Gasteiger charge is 2.15. The van der Waals surface area contributed by atoms with Gasteiger partial charge in [-0.3, -0.25) is 9.59 Å². The van der Waals surface area contributed by atoms with E-state index < -0.39 is 18.0 Å². The Bertz CT molecular complexity index is 754. The summed E-state index contributed by atoms with van der Waals surface area (Å²) in [7, 11) is 2.95. The van der Waals surface area contributed by atoms with Crippen molar-refractivity contribution in [3.05, 3.63) is 59.4 Å². The highest BCUT2D eigenvalue weighted by atomic mass is 19.1. The van der Waals surface area contributed by atoms with Crippen molar-refractivity contribution in [2.24, 2.45) is 0 Å². The van der Waals surface area contributed by atoms with E-state index in [2.05, 4.69) is 5.32 Å². The Kier molecular flexibility index (Phi) is 6.54. The van der Waals surface area contributed by atoms with Crippen LogP contribution in [0.2, 0.25) is 0 Å². The number of halogens is 1. The van der Waals surface area contributed by atoms with Gasteiger partial charge in [-0.05, 0) is 36.8 Å². The maximum absolute atomic E-state index is 12.9. The fourth-order valence-electron chi connectivity index (χ4n) is 2.23. The first kappa shape index (κ1) is 19.2. The molecule has 2 rings (SSSR count). The molecule has 0 spiro atoms. The number of amides is 1. The third kappa shape index (κ3) is 5.20. The minimum atomic E-state index is -0.606. The topological polar surface area (TPSA) is 73.9 Å². The third-order valence-corrected chi connectivity index (χ3v) is 3.65. The first-order valence-corrected chi connectivity index (χ1v) is 7.89. The summed E-state index contributed by atoms with van der Waals surface area (Å²) < 4.78 is 28.4.